The molecule has 2 aromatic heterocycles. The van der Waals surface area contributed by atoms with Gasteiger partial charge in [0, 0.05) is 24.6 Å². The Kier molecular flexibility index (Phi) is 2.38. The average molecular weight is 217 g/mol. The molecule has 0 amide bonds. The van der Waals surface area contributed by atoms with Crippen LogP contribution >= 0.6 is 0 Å². The van der Waals surface area contributed by atoms with Gasteiger partial charge in [-0.3, -0.25) is 4.98 Å². The highest BCUT2D eigenvalue weighted by Crippen LogP contribution is 2.28. The van der Waals surface area contributed by atoms with Crippen LogP contribution in [0, 0.1) is 0 Å². The monoisotopic (exact) mass is 217 g/mol. The maximum Gasteiger partial charge on any atom is 0.256 e. The Bertz CT molecular complexity index is 463. The third kappa shape index (κ3) is 1.69. The summed E-state index contributed by atoms with van der Waals surface area (Å²) in [5.74, 6) is 1.16. The van der Waals surface area contributed by atoms with Gasteiger partial charge in [-0.25, -0.2) is 0 Å². The molecule has 0 spiro atoms. The van der Waals surface area contributed by atoms with Crippen LogP contribution in [0.5, 0.6) is 0 Å². The Labute approximate surface area is 92.5 Å². The minimum atomic E-state index is -0.0249. The Hall–Kier alpha value is -1.75. The fourth-order valence-corrected chi connectivity index (χ4v) is 1.76. The number of aromatic nitrogens is 3. The number of rotatable bonds is 2. The molecule has 1 atom stereocenters. The molecule has 5 nitrogen and oxygen atoms in total. The van der Waals surface area contributed by atoms with Crippen molar-refractivity contribution in [2.45, 2.75) is 18.9 Å². The highest BCUT2D eigenvalue weighted by molar-refractivity contribution is 5.52. The van der Waals surface area contributed by atoms with Crippen LogP contribution in [0.3, 0.4) is 0 Å². The molecule has 1 fully saturated rings. The molecule has 0 unspecified atom stereocenters. The topological polar surface area (TPSA) is 61.0 Å². The lowest BCUT2D eigenvalue weighted by atomic mass is 10.2. The second kappa shape index (κ2) is 4.02. The van der Waals surface area contributed by atoms with Crippen molar-refractivity contribution in [3.8, 4) is 11.4 Å². The zero-order chi connectivity index (χ0) is 10.8. The van der Waals surface area contributed by atoms with Gasteiger partial charge in [0.05, 0.1) is 0 Å². The molecular weight excluding hydrogens is 206 g/mol. The van der Waals surface area contributed by atoms with Crippen LogP contribution in [0.15, 0.2) is 29.0 Å². The van der Waals surface area contributed by atoms with Gasteiger partial charge < -0.3 is 9.26 Å². The second-order valence-corrected chi connectivity index (χ2v) is 3.69. The fraction of sp³-hybridized carbons (Fsp3) is 0.364. The van der Waals surface area contributed by atoms with Gasteiger partial charge in [-0.2, -0.15) is 4.98 Å². The number of hydrogen-bond acceptors (Lipinski definition) is 5. The van der Waals surface area contributed by atoms with Gasteiger partial charge >= 0.3 is 0 Å². The molecule has 2 aromatic rings. The van der Waals surface area contributed by atoms with E-state index in [0.717, 1.165) is 25.0 Å². The summed E-state index contributed by atoms with van der Waals surface area (Å²) in [6, 6.07) is 3.70. The number of hydrogen-bond donors (Lipinski definition) is 0. The van der Waals surface area contributed by atoms with Gasteiger partial charge in [0.2, 0.25) is 5.82 Å². The van der Waals surface area contributed by atoms with E-state index in [1.165, 1.54) is 0 Å². The minimum Gasteiger partial charge on any atom is -0.368 e. The van der Waals surface area contributed by atoms with Gasteiger partial charge in [-0.15, -0.1) is 0 Å². The van der Waals surface area contributed by atoms with Crippen molar-refractivity contribution in [1.29, 1.82) is 0 Å². The summed E-state index contributed by atoms with van der Waals surface area (Å²) in [5, 5.41) is 3.94. The van der Waals surface area contributed by atoms with Crippen molar-refractivity contribution in [3.63, 3.8) is 0 Å². The van der Waals surface area contributed by atoms with Crippen molar-refractivity contribution < 1.29 is 9.26 Å². The van der Waals surface area contributed by atoms with E-state index >= 15 is 0 Å². The molecule has 0 bridgehead atoms. The molecule has 0 aliphatic carbocycles. The van der Waals surface area contributed by atoms with E-state index in [1.54, 1.807) is 12.4 Å². The predicted octanol–water partition coefficient (Wildman–Crippen LogP) is 1.98. The fourth-order valence-electron chi connectivity index (χ4n) is 1.76. The van der Waals surface area contributed by atoms with Gasteiger partial charge in [-0.05, 0) is 25.0 Å². The van der Waals surface area contributed by atoms with Gasteiger partial charge in [0.25, 0.3) is 5.89 Å². The Morgan fingerprint density at radius 2 is 2.12 bits per heavy atom. The lowest BCUT2D eigenvalue weighted by Crippen LogP contribution is -1.95. The first-order valence-corrected chi connectivity index (χ1v) is 5.29. The van der Waals surface area contributed by atoms with Crippen LogP contribution in [-0.2, 0) is 4.74 Å². The number of ether oxygens (including phenoxy) is 1. The van der Waals surface area contributed by atoms with Gasteiger partial charge in [0.15, 0.2) is 0 Å². The smallest absolute Gasteiger partial charge is 0.256 e. The third-order valence-corrected chi connectivity index (χ3v) is 2.59. The van der Waals surface area contributed by atoms with E-state index in [-0.39, 0.29) is 6.10 Å². The average Bonchev–Trinajstić information content (AvgIpc) is 3.01. The zero-order valence-electron chi connectivity index (χ0n) is 8.67. The van der Waals surface area contributed by atoms with Crippen LogP contribution in [0.4, 0.5) is 0 Å². The molecule has 82 valence electrons. The quantitative estimate of drug-likeness (QED) is 0.769. The summed E-state index contributed by atoms with van der Waals surface area (Å²) in [6.45, 7) is 0.775. The molecule has 3 rings (SSSR count). The second-order valence-electron chi connectivity index (χ2n) is 3.69. The van der Waals surface area contributed by atoms with Gasteiger partial charge in [0.1, 0.15) is 6.10 Å². The molecule has 16 heavy (non-hydrogen) atoms. The van der Waals surface area contributed by atoms with Crippen LogP contribution in [0.1, 0.15) is 24.8 Å². The first-order valence-electron chi connectivity index (χ1n) is 5.29. The van der Waals surface area contributed by atoms with E-state index in [0.29, 0.717) is 11.7 Å². The van der Waals surface area contributed by atoms with Crippen molar-refractivity contribution in [3.05, 3.63) is 30.4 Å². The highest BCUT2D eigenvalue weighted by atomic mass is 16.5. The van der Waals surface area contributed by atoms with Crippen molar-refractivity contribution in [2.75, 3.05) is 6.61 Å². The predicted molar refractivity (Wildman–Crippen MR) is 55.5 cm³/mol. The van der Waals surface area contributed by atoms with E-state index in [9.17, 15) is 0 Å². The van der Waals surface area contributed by atoms with Crippen molar-refractivity contribution in [1.82, 2.24) is 15.1 Å². The molecule has 0 radical (unpaired) electrons. The normalized spacial score (nSPS) is 20.1. The summed E-state index contributed by atoms with van der Waals surface area (Å²) in [7, 11) is 0. The number of nitrogens with zero attached hydrogens (tertiary/aromatic N) is 3. The standard InChI is InChI=1S/C11H11N3O2/c1-2-9(15-7-1)11-13-10(14-16-11)8-3-5-12-6-4-8/h3-6,9H,1-2,7H2/t9-/m1/s1. The molecule has 1 saturated heterocycles. The SMILES string of the molecule is c1cc(-c2noc([C@H]3CCCO3)n2)ccn1. The van der Waals surface area contributed by atoms with E-state index in [2.05, 4.69) is 15.1 Å². The van der Waals surface area contributed by atoms with Crippen LogP contribution in [0.2, 0.25) is 0 Å². The lowest BCUT2D eigenvalue weighted by Gasteiger charge is -2.00. The summed E-state index contributed by atoms with van der Waals surface area (Å²) in [4.78, 5) is 8.28. The first-order chi connectivity index (χ1) is 7.93. The maximum absolute atomic E-state index is 5.48. The zero-order valence-corrected chi connectivity index (χ0v) is 8.67. The Balaban J connectivity index is 1.87. The molecule has 1 aliphatic heterocycles. The summed E-state index contributed by atoms with van der Waals surface area (Å²) >= 11 is 0. The summed E-state index contributed by atoms with van der Waals surface area (Å²) in [6.07, 6.45) is 5.40. The van der Waals surface area contributed by atoms with Crippen LogP contribution in [0.25, 0.3) is 11.4 Å². The van der Waals surface area contributed by atoms with E-state index < -0.39 is 0 Å². The van der Waals surface area contributed by atoms with Crippen molar-refractivity contribution in [2.24, 2.45) is 0 Å². The number of pyridine rings is 1. The Morgan fingerprint density at radius 1 is 1.25 bits per heavy atom. The van der Waals surface area contributed by atoms with E-state index in [4.69, 9.17) is 9.26 Å². The highest BCUT2D eigenvalue weighted by Gasteiger charge is 2.23. The lowest BCUT2D eigenvalue weighted by molar-refractivity contribution is 0.0835. The summed E-state index contributed by atoms with van der Waals surface area (Å²) < 4.78 is 10.7. The van der Waals surface area contributed by atoms with Crippen molar-refractivity contribution >= 4 is 0 Å². The molecule has 1 aliphatic rings. The molecule has 3 heterocycles. The van der Waals surface area contributed by atoms with Gasteiger partial charge in [-0.1, -0.05) is 5.16 Å². The molecule has 0 N–H and O–H groups in total. The molecular formula is C11H11N3O2. The summed E-state index contributed by atoms with van der Waals surface area (Å²) in [5.41, 5.74) is 0.906. The minimum absolute atomic E-state index is 0.0249. The largest absolute Gasteiger partial charge is 0.368 e. The van der Waals surface area contributed by atoms with E-state index in [1.807, 2.05) is 12.1 Å². The van der Waals surface area contributed by atoms with Crippen LogP contribution < -0.4 is 0 Å². The molecule has 0 aromatic carbocycles. The Morgan fingerprint density at radius 3 is 2.88 bits per heavy atom. The third-order valence-electron chi connectivity index (χ3n) is 2.59. The van der Waals surface area contributed by atoms with Crippen LogP contribution in [-0.4, -0.2) is 21.7 Å². The first kappa shape index (κ1) is 9.47. The maximum atomic E-state index is 5.48. The molecule has 0 saturated carbocycles. The molecule has 5 heteroatoms.